The molecule has 4 rings (SSSR count). The number of hydrogen-bond donors (Lipinski definition) is 1. The molecule has 1 aliphatic heterocycles. The highest BCUT2D eigenvalue weighted by Crippen LogP contribution is 2.34. The molecule has 0 amide bonds. The highest BCUT2D eigenvalue weighted by atomic mass is 15.4. The molecule has 0 bridgehead atoms. The highest BCUT2D eigenvalue weighted by Gasteiger charge is 2.30. The van der Waals surface area contributed by atoms with Crippen LogP contribution in [0, 0.1) is 0 Å². The van der Waals surface area contributed by atoms with Gasteiger partial charge in [-0.2, -0.15) is 10.1 Å². The van der Waals surface area contributed by atoms with Crippen molar-refractivity contribution in [1.82, 2.24) is 24.7 Å². The van der Waals surface area contributed by atoms with Gasteiger partial charge in [-0.3, -0.25) is 0 Å². The van der Waals surface area contributed by atoms with E-state index in [0.717, 1.165) is 42.4 Å². The molecule has 24 heavy (non-hydrogen) atoms. The van der Waals surface area contributed by atoms with Crippen molar-refractivity contribution in [2.24, 2.45) is 7.05 Å². The summed E-state index contributed by atoms with van der Waals surface area (Å²) in [5.74, 6) is 2.82. The van der Waals surface area contributed by atoms with Crippen LogP contribution in [0.5, 0.6) is 0 Å². The first kappa shape index (κ1) is 14.6. The predicted molar refractivity (Wildman–Crippen MR) is 92.2 cm³/mol. The normalized spacial score (nSPS) is 17.4. The lowest BCUT2D eigenvalue weighted by atomic mass is 10.2. The van der Waals surface area contributed by atoms with E-state index in [-0.39, 0.29) is 6.04 Å². The SMILES string of the molecule is Cn1nc(C2CCCN2c2ccnc(-c3ccccc3)n2)nc1N. The van der Waals surface area contributed by atoms with Gasteiger partial charge in [0.05, 0.1) is 6.04 Å². The Bertz CT molecular complexity index is 824. The molecule has 7 heteroatoms. The van der Waals surface area contributed by atoms with Crippen LogP contribution in [-0.2, 0) is 7.05 Å². The number of anilines is 2. The summed E-state index contributed by atoms with van der Waals surface area (Å²) < 4.78 is 1.61. The molecule has 1 fully saturated rings. The summed E-state index contributed by atoms with van der Waals surface area (Å²) in [7, 11) is 1.81. The Balaban J connectivity index is 1.67. The zero-order valence-electron chi connectivity index (χ0n) is 13.5. The maximum atomic E-state index is 5.84. The van der Waals surface area contributed by atoms with Gasteiger partial charge in [0.15, 0.2) is 11.6 Å². The molecule has 1 aromatic carbocycles. The first-order valence-corrected chi connectivity index (χ1v) is 8.04. The Labute approximate surface area is 140 Å². The van der Waals surface area contributed by atoms with Crippen molar-refractivity contribution >= 4 is 11.8 Å². The fourth-order valence-corrected chi connectivity index (χ4v) is 3.10. The average Bonchev–Trinajstić information content (AvgIpc) is 3.23. The van der Waals surface area contributed by atoms with Crippen LogP contribution >= 0.6 is 0 Å². The van der Waals surface area contributed by atoms with Crippen LogP contribution in [0.4, 0.5) is 11.8 Å². The molecule has 0 aliphatic carbocycles. The first-order valence-electron chi connectivity index (χ1n) is 8.04. The Kier molecular flexibility index (Phi) is 3.60. The van der Waals surface area contributed by atoms with Crippen LogP contribution in [0.1, 0.15) is 24.7 Å². The quantitative estimate of drug-likeness (QED) is 0.796. The van der Waals surface area contributed by atoms with Gasteiger partial charge in [-0.15, -0.1) is 0 Å². The summed E-state index contributed by atoms with van der Waals surface area (Å²) in [6.45, 7) is 0.925. The minimum atomic E-state index is 0.104. The molecule has 2 aromatic heterocycles. The van der Waals surface area contributed by atoms with E-state index in [1.165, 1.54) is 0 Å². The van der Waals surface area contributed by atoms with Crippen molar-refractivity contribution in [2.75, 3.05) is 17.2 Å². The average molecular weight is 321 g/mol. The van der Waals surface area contributed by atoms with E-state index >= 15 is 0 Å². The summed E-state index contributed by atoms with van der Waals surface area (Å²) in [6, 6.07) is 12.0. The van der Waals surface area contributed by atoms with E-state index in [2.05, 4.69) is 20.0 Å². The lowest BCUT2D eigenvalue weighted by Gasteiger charge is -2.23. The van der Waals surface area contributed by atoms with Crippen molar-refractivity contribution in [3.8, 4) is 11.4 Å². The molecule has 1 atom stereocenters. The van der Waals surface area contributed by atoms with E-state index in [4.69, 9.17) is 10.7 Å². The minimum Gasteiger partial charge on any atom is -0.368 e. The summed E-state index contributed by atoms with van der Waals surface area (Å²) in [5.41, 5.74) is 6.85. The molecule has 1 aliphatic rings. The van der Waals surface area contributed by atoms with Crippen LogP contribution in [0.2, 0.25) is 0 Å². The van der Waals surface area contributed by atoms with Gasteiger partial charge in [0.2, 0.25) is 5.95 Å². The van der Waals surface area contributed by atoms with Crippen LogP contribution < -0.4 is 10.6 Å². The van der Waals surface area contributed by atoms with E-state index in [0.29, 0.717) is 5.95 Å². The van der Waals surface area contributed by atoms with Gasteiger partial charge in [-0.1, -0.05) is 30.3 Å². The van der Waals surface area contributed by atoms with Gasteiger partial charge in [-0.05, 0) is 18.9 Å². The van der Waals surface area contributed by atoms with Crippen LogP contribution in [0.25, 0.3) is 11.4 Å². The predicted octanol–water partition coefficient (Wildman–Crippen LogP) is 2.20. The van der Waals surface area contributed by atoms with Crippen LogP contribution in [0.15, 0.2) is 42.6 Å². The standard InChI is InChI=1S/C17H19N7/c1-23-17(18)21-16(22-23)13-8-5-11-24(13)14-9-10-19-15(20-14)12-6-3-2-4-7-12/h2-4,6-7,9-10,13H,5,8,11H2,1H3,(H2,18,21,22). The second kappa shape index (κ2) is 5.92. The third-order valence-electron chi connectivity index (χ3n) is 4.33. The molecule has 7 nitrogen and oxygen atoms in total. The summed E-state index contributed by atoms with van der Waals surface area (Å²) in [4.78, 5) is 15.8. The number of hydrogen-bond acceptors (Lipinski definition) is 6. The number of aryl methyl sites for hydroxylation is 1. The number of benzene rings is 1. The largest absolute Gasteiger partial charge is 0.368 e. The lowest BCUT2D eigenvalue weighted by Crippen LogP contribution is -2.24. The molecule has 3 heterocycles. The van der Waals surface area contributed by atoms with E-state index in [1.807, 2.05) is 43.4 Å². The van der Waals surface area contributed by atoms with Gasteiger partial charge >= 0.3 is 0 Å². The number of rotatable bonds is 3. The molecule has 122 valence electrons. The van der Waals surface area contributed by atoms with Crippen molar-refractivity contribution in [3.05, 3.63) is 48.4 Å². The molecule has 3 aromatic rings. The van der Waals surface area contributed by atoms with E-state index in [9.17, 15) is 0 Å². The van der Waals surface area contributed by atoms with E-state index in [1.54, 1.807) is 10.9 Å². The van der Waals surface area contributed by atoms with Crippen molar-refractivity contribution in [2.45, 2.75) is 18.9 Å². The molecule has 0 saturated carbocycles. The second-order valence-electron chi connectivity index (χ2n) is 5.91. The Hall–Kier alpha value is -2.96. The molecular formula is C17H19N7. The molecule has 2 N–H and O–H groups in total. The first-order chi connectivity index (χ1) is 11.7. The summed E-state index contributed by atoms with van der Waals surface area (Å²) >= 11 is 0. The van der Waals surface area contributed by atoms with E-state index < -0.39 is 0 Å². The Morgan fingerprint density at radius 2 is 1.96 bits per heavy atom. The fraction of sp³-hybridized carbons (Fsp3) is 0.294. The van der Waals surface area contributed by atoms with Crippen molar-refractivity contribution in [1.29, 1.82) is 0 Å². The van der Waals surface area contributed by atoms with Gasteiger partial charge in [0.1, 0.15) is 5.82 Å². The van der Waals surface area contributed by atoms with Crippen LogP contribution in [0.3, 0.4) is 0 Å². The highest BCUT2D eigenvalue weighted by molar-refractivity contribution is 5.57. The zero-order valence-corrected chi connectivity index (χ0v) is 13.5. The van der Waals surface area contributed by atoms with Crippen molar-refractivity contribution < 1.29 is 0 Å². The van der Waals surface area contributed by atoms with Gasteiger partial charge < -0.3 is 10.6 Å². The number of aromatic nitrogens is 5. The third-order valence-corrected chi connectivity index (χ3v) is 4.33. The third kappa shape index (κ3) is 2.58. The number of nitrogens with two attached hydrogens (primary N) is 1. The van der Waals surface area contributed by atoms with Crippen LogP contribution in [-0.4, -0.2) is 31.3 Å². The Morgan fingerprint density at radius 1 is 1.12 bits per heavy atom. The Morgan fingerprint density at radius 3 is 2.71 bits per heavy atom. The smallest absolute Gasteiger partial charge is 0.218 e. The summed E-state index contributed by atoms with van der Waals surface area (Å²) in [5, 5.41) is 4.44. The molecule has 0 spiro atoms. The minimum absolute atomic E-state index is 0.104. The molecule has 1 unspecified atom stereocenters. The molecule has 1 saturated heterocycles. The molecule has 0 radical (unpaired) electrons. The van der Waals surface area contributed by atoms with Gasteiger partial charge in [0.25, 0.3) is 0 Å². The van der Waals surface area contributed by atoms with Crippen molar-refractivity contribution in [3.63, 3.8) is 0 Å². The monoisotopic (exact) mass is 321 g/mol. The van der Waals surface area contributed by atoms with Gasteiger partial charge in [0, 0.05) is 25.4 Å². The number of nitrogen functional groups attached to an aromatic ring is 1. The summed E-state index contributed by atoms with van der Waals surface area (Å²) in [6.07, 6.45) is 3.88. The second-order valence-corrected chi connectivity index (χ2v) is 5.91. The molecular weight excluding hydrogens is 302 g/mol. The maximum Gasteiger partial charge on any atom is 0.218 e. The lowest BCUT2D eigenvalue weighted by molar-refractivity contribution is 0.642. The zero-order chi connectivity index (χ0) is 16.5. The maximum absolute atomic E-state index is 5.84. The number of nitrogens with zero attached hydrogens (tertiary/aromatic N) is 6. The topological polar surface area (TPSA) is 85.8 Å². The fourth-order valence-electron chi connectivity index (χ4n) is 3.10. The van der Waals surface area contributed by atoms with Gasteiger partial charge in [-0.25, -0.2) is 14.6 Å².